The van der Waals surface area contributed by atoms with Gasteiger partial charge in [-0.15, -0.1) is 0 Å². The highest BCUT2D eigenvalue weighted by atomic mass is 19.1. The lowest BCUT2D eigenvalue weighted by Crippen LogP contribution is -2.06. The van der Waals surface area contributed by atoms with Gasteiger partial charge in [-0.3, -0.25) is 4.98 Å². The van der Waals surface area contributed by atoms with Gasteiger partial charge in [0.05, 0.1) is 5.56 Å². The van der Waals surface area contributed by atoms with Crippen molar-refractivity contribution in [2.75, 3.05) is 11.9 Å². The predicted octanol–water partition coefficient (Wildman–Crippen LogP) is 3.24. The minimum absolute atomic E-state index is 0.149. The van der Waals surface area contributed by atoms with E-state index in [4.69, 9.17) is 0 Å². The Balaban J connectivity index is 2.50. The Bertz CT molecular complexity index is 523. The van der Waals surface area contributed by atoms with E-state index < -0.39 is 11.6 Å². The molecule has 1 N–H and O–H groups in total. The Morgan fingerprint density at radius 3 is 2.44 bits per heavy atom. The van der Waals surface area contributed by atoms with Gasteiger partial charge in [0.15, 0.2) is 5.82 Å². The third-order valence-corrected chi connectivity index (χ3v) is 2.44. The van der Waals surface area contributed by atoms with Gasteiger partial charge in [-0.05, 0) is 18.6 Å². The van der Waals surface area contributed by atoms with Crippen LogP contribution in [0.5, 0.6) is 0 Å². The van der Waals surface area contributed by atoms with Gasteiger partial charge in [-0.2, -0.15) is 0 Å². The summed E-state index contributed by atoms with van der Waals surface area (Å²) in [4.78, 5) is 8.09. The summed E-state index contributed by atoms with van der Waals surface area (Å²) in [6.07, 6.45) is 3.79. The summed E-state index contributed by atoms with van der Waals surface area (Å²) in [6, 6.07) is 3.73. The lowest BCUT2D eigenvalue weighted by atomic mass is 10.1. The molecular formula is C13H13F2N3. The SMILES string of the molecule is CCCNc1nccnc1-c1c(F)cccc1F. The van der Waals surface area contributed by atoms with Gasteiger partial charge < -0.3 is 5.32 Å². The number of halogens is 2. The standard InChI is InChI=1S/C13H13F2N3/c1-2-6-17-13-12(16-7-8-18-13)11-9(14)4-3-5-10(11)15/h3-5,7-8H,2,6H2,1H3,(H,17,18). The van der Waals surface area contributed by atoms with Crippen molar-refractivity contribution < 1.29 is 8.78 Å². The van der Waals surface area contributed by atoms with Crippen molar-refractivity contribution >= 4 is 5.82 Å². The zero-order valence-electron chi connectivity index (χ0n) is 9.95. The third-order valence-electron chi connectivity index (χ3n) is 2.44. The second-order valence-corrected chi connectivity index (χ2v) is 3.78. The Labute approximate surface area is 104 Å². The minimum Gasteiger partial charge on any atom is -0.368 e. The van der Waals surface area contributed by atoms with E-state index in [1.807, 2.05) is 6.92 Å². The molecule has 0 aliphatic rings. The average Bonchev–Trinajstić information content (AvgIpc) is 2.37. The molecule has 0 fully saturated rings. The van der Waals surface area contributed by atoms with Crippen LogP contribution in [-0.4, -0.2) is 16.5 Å². The van der Waals surface area contributed by atoms with Crippen LogP contribution in [0.1, 0.15) is 13.3 Å². The number of hydrogen-bond donors (Lipinski definition) is 1. The molecule has 0 saturated carbocycles. The number of hydrogen-bond acceptors (Lipinski definition) is 3. The fourth-order valence-corrected chi connectivity index (χ4v) is 1.62. The third kappa shape index (κ3) is 2.45. The van der Waals surface area contributed by atoms with Crippen molar-refractivity contribution in [2.45, 2.75) is 13.3 Å². The van der Waals surface area contributed by atoms with Crippen molar-refractivity contribution in [1.29, 1.82) is 0 Å². The molecule has 5 heteroatoms. The van der Waals surface area contributed by atoms with Crippen LogP contribution in [0.2, 0.25) is 0 Å². The number of anilines is 1. The Hall–Kier alpha value is -2.04. The van der Waals surface area contributed by atoms with Crippen LogP contribution in [0.25, 0.3) is 11.3 Å². The van der Waals surface area contributed by atoms with Crippen LogP contribution >= 0.6 is 0 Å². The van der Waals surface area contributed by atoms with Gasteiger partial charge >= 0.3 is 0 Å². The Morgan fingerprint density at radius 2 is 1.78 bits per heavy atom. The summed E-state index contributed by atoms with van der Waals surface area (Å²) < 4.78 is 27.4. The second-order valence-electron chi connectivity index (χ2n) is 3.78. The van der Waals surface area contributed by atoms with E-state index >= 15 is 0 Å². The van der Waals surface area contributed by atoms with E-state index in [2.05, 4.69) is 15.3 Å². The molecule has 0 atom stereocenters. The normalized spacial score (nSPS) is 10.4. The number of nitrogens with zero attached hydrogens (tertiary/aromatic N) is 2. The van der Waals surface area contributed by atoms with Crippen molar-refractivity contribution in [2.24, 2.45) is 0 Å². The lowest BCUT2D eigenvalue weighted by molar-refractivity contribution is 0.588. The Morgan fingerprint density at radius 1 is 1.11 bits per heavy atom. The first-order valence-electron chi connectivity index (χ1n) is 5.73. The van der Waals surface area contributed by atoms with Crippen LogP contribution < -0.4 is 5.32 Å². The van der Waals surface area contributed by atoms with Crippen LogP contribution in [0.3, 0.4) is 0 Å². The first kappa shape index (κ1) is 12.4. The molecule has 0 aliphatic heterocycles. The molecule has 3 nitrogen and oxygen atoms in total. The second kappa shape index (κ2) is 5.53. The van der Waals surface area contributed by atoms with Gasteiger partial charge in [-0.25, -0.2) is 13.8 Å². The molecular weight excluding hydrogens is 236 g/mol. The van der Waals surface area contributed by atoms with E-state index in [0.717, 1.165) is 6.42 Å². The van der Waals surface area contributed by atoms with Crippen LogP contribution in [0.15, 0.2) is 30.6 Å². The van der Waals surface area contributed by atoms with Crippen molar-refractivity contribution in [3.63, 3.8) is 0 Å². The van der Waals surface area contributed by atoms with E-state index in [0.29, 0.717) is 12.4 Å². The quantitative estimate of drug-likeness (QED) is 0.903. The summed E-state index contributed by atoms with van der Waals surface area (Å²) in [5.74, 6) is -0.895. The van der Waals surface area contributed by atoms with Gasteiger partial charge in [-0.1, -0.05) is 13.0 Å². The first-order valence-corrected chi connectivity index (χ1v) is 5.73. The molecule has 1 aromatic carbocycles. The van der Waals surface area contributed by atoms with E-state index in [-0.39, 0.29) is 11.3 Å². The maximum atomic E-state index is 13.7. The summed E-state index contributed by atoms with van der Waals surface area (Å²) >= 11 is 0. The molecule has 2 rings (SSSR count). The van der Waals surface area contributed by atoms with Gasteiger partial charge in [0, 0.05) is 18.9 Å². The summed E-state index contributed by atoms with van der Waals surface area (Å²) in [7, 11) is 0. The van der Waals surface area contributed by atoms with Crippen molar-refractivity contribution in [3.8, 4) is 11.3 Å². The number of aromatic nitrogens is 2. The summed E-state index contributed by atoms with van der Waals surface area (Å²) in [5, 5.41) is 3.01. The topological polar surface area (TPSA) is 37.8 Å². The molecule has 0 unspecified atom stereocenters. The molecule has 1 heterocycles. The molecule has 0 aliphatic carbocycles. The zero-order valence-corrected chi connectivity index (χ0v) is 9.95. The minimum atomic E-state index is -0.643. The molecule has 0 amide bonds. The molecule has 2 aromatic rings. The molecule has 0 saturated heterocycles. The Kier molecular flexibility index (Phi) is 3.82. The largest absolute Gasteiger partial charge is 0.368 e. The summed E-state index contributed by atoms with van der Waals surface area (Å²) in [6.45, 7) is 2.66. The monoisotopic (exact) mass is 249 g/mol. The molecule has 0 bridgehead atoms. The highest BCUT2D eigenvalue weighted by molar-refractivity contribution is 5.72. The van der Waals surface area contributed by atoms with Crippen LogP contribution in [-0.2, 0) is 0 Å². The average molecular weight is 249 g/mol. The lowest BCUT2D eigenvalue weighted by Gasteiger charge is -2.10. The fourth-order valence-electron chi connectivity index (χ4n) is 1.62. The van der Waals surface area contributed by atoms with E-state index in [1.165, 1.54) is 30.6 Å². The van der Waals surface area contributed by atoms with E-state index in [9.17, 15) is 8.78 Å². The fraction of sp³-hybridized carbons (Fsp3) is 0.231. The highest BCUT2D eigenvalue weighted by Gasteiger charge is 2.16. The number of rotatable bonds is 4. The number of benzene rings is 1. The maximum absolute atomic E-state index is 13.7. The molecule has 94 valence electrons. The molecule has 1 aromatic heterocycles. The van der Waals surface area contributed by atoms with Crippen molar-refractivity contribution in [1.82, 2.24) is 9.97 Å². The zero-order chi connectivity index (χ0) is 13.0. The molecule has 0 spiro atoms. The van der Waals surface area contributed by atoms with Crippen LogP contribution in [0, 0.1) is 11.6 Å². The van der Waals surface area contributed by atoms with Gasteiger partial charge in [0.1, 0.15) is 17.3 Å². The summed E-state index contributed by atoms with van der Waals surface area (Å²) in [5.41, 5.74) is 0.0470. The van der Waals surface area contributed by atoms with Gasteiger partial charge in [0.25, 0.3) is 0 Å². The highest BCUT2D eigenvalue weighted by Crippen LogP contribution is 2.28. The van der Waals surface area contributed by atoms with E-state index in [1.54, 1.807) is 0 Å². The predicted molar refractivity (Wildman–Crippen MR) is 66.2 cm³/mol. The smallest absolute Gasteiger partial charge is 0.152 e. The number of nitrogens with one attached hydrogen (secondary N) is 1. The molecule has 0 radical (unpaired) electrons. The van der Waals surface area contributed by atoms with Crippen LogP contribution in [0.4, 0.5) is 14.6 Å². The first-order chi connectivity index (χ1) is 8.74. The maximum Gasteiger partial charge on any atom is 0.152 e. The molecule has 18 heavy (non-hydrogen) atoms. The van der Waals surface area contributed by atoms with Gasteiger partial charge in [0.2, 0.25) is 0 Å². The van der Waals surface area contributed by atoms with Crippen molar-refractivity contribution in [3.05, 3.63) is 42.2 Å².